The summed E-state index contributed by atoms with van der Waals surface area (Å²) in [4.78, 5) is 31.5. The van der Waals surface area contributed by atoms with E-state index >= 15 is 0 Å². The number of aromatic nitrogens is 2. The van der Waals surface area contributed by atoms with Gasteiger partial charge in [0.1, 0.15) is 11.4 Å². The summed E-state index contributed by atoms with van der Waals surface area (Å²) in [5.41, 5.74) is 3.12. The third-order valence-corrected chi connectivity index (χ3v) is 3.89. The Morgan fingerprint density at radius 1 is 1.24 bits per heavy atom. The molecule has 0 atom stereocenters. The maximum atomic E-state index is 12.2. The Kier molecular flexibility index (Phi) is 4.79. The monoisotopic (exact) mass is 337 g/mol. The Hall–Kier alpha value is -3.15. The van der Waals surface area contributed by atoms with Crippen molar-refractivity contribution in [2.75, 3.05) is 12.4 Å². The van der Waals surface area contributed by atoms with Gasteiger partial charge >= 0.3 is 0 Å². The molecular weight excluding hydrogens is 318 g/mol. The van der Waals surface area contributed by atoms with Crippen molar-refractivity contribution in [2.45, 2.75) is 19.8 Å². The molecule has 0 radical (unpaired) electrons. The minimum atomic E-state index is -0.264. The minimum Gasteiger partial charge on any atom is -0.495 e. The molecule has 6 heteroatoms. The molecule has 0 aliphatic heterocycles. The zero-order valence-electron chi connectivity index (χ0n) is 14.1. The average molecular weight is 337 g/mol. The number of carbonyl (C=O) groups excluding carboxylic acids is 1. The number of methoxy groups -OCH3 is 1. The van der Waals surface area contributed by atoms with Gasteiger partial charge in [0, 0.05) is 12.8 Å². The highest BCUT2D eigenvalue weighted by atomic mass is 16.5. The number of fused-ring (bicyclic) bond motifs is 1. The van der Waals surface area contributed by atoms with Crippen LogP contribution >= 0.6 is 0 Å². The second-order valence-corrected chi connectivity index (χ2v) is 5.78. The van der Waals surface area contributed by atoms with Crippen LogP contribution in [0.3, 0.4) is 0 Å². The number of anilines is 1. The Balaban J connectivity index is 1.72. The number of H-pyrrole nitrogens is 1. The quantitative estimate of drug-likeness (QED) is 0.750. The lowest BCUT2D eigenvalue weighted by atomic mass is 10.2. The Bertz CT molecular complexity index is 979. The van der Waals surface area contributed by atoms with Gasteiger partial charge in [-0.3, -0.25) is 9.59 Å². The molecule has 1 aromatic heterocycles. The van der Waals surface area contributed by atoms with Crippen molar-refractivity contribution in [2.24, 2.45) is 0 Å². The fraction of sp³-hybridized carbons (Fsp3) is 0.211. The number of aromatic amines is 1. The van der Waals surface area contributed by atoms with Crippen molar-refractivity contribution in [3.8, 4) is 5.75 Å². The lowest BCUT2D eigenvalue weighted by molar-refractivity contribution is -0.116. The van der Waals surface area contributed by atoms with Crippen molar-refractivity contribution in [3.63, 3.8) is 0 Å². The minimum absolute atomic E-state index is 0.158. The van der Waals surface area contributed by atoms with Gasteiger partial charge in [-0.05, 0) is 36.8 Å². The fourth-order valence-corrected chi connectivity index (χ4v) is 2.60. The molecule has 1 heterocycles. The lowest BCUT2D eigenvalue weighted by Crippen LogP contribution is -2.19. The van der Waals surface area contributed by atoms with E-state index in [0.717, 1.165) is 5.56 Å². The number of aryl methyl sites for hydroxylation is 2. The first-order valence-corrected chi connectivity index (χ1v) is 7.99. The summed E-state index contributed by atoms with van der Waals surface area (Å²) in [6, 6.07) is 12.9. The lowest BCUT2D eigenvalue weighted by Gasteiger charge is -2.11. The van der Waals surface area contributed by atoms with E-state index in [1.54, 1.807) is 19.2 Å². The number of hydrogen-bond acceptors (Lipinski definition) is 4. The maximum absolute atomic E-state index is 12.2. The number of para-hydroxylation sites is 2. The highest BCUT2D eigenvalue weighted by molar-refractivity contribution is 5.92. The molecule has 3 rings (SSSR count). The number of ether oxygens (including phenoxy) is 1. The van der Waals surface area contributed by atoms with Crippen LogP contribution in [0.2, 0.25) is 0 Å². The summed E-state index contributed by atoms with van der Waals surface area (Å²) in [5.74, 6) is 0.402. The molecule has 0 saturated heterocycles. The van der Waals surface area contributed by atoms with Crippen molar-refractivity contribution in [1.82, 2.24) is 9.97 Å². The largest absolute Gasteiger partial charge is 0.495 e. The molecule has 128 valence electrons. The summed E-state index contributed by atoms with van der Waals surface area (Å²) in [6.07, 6.45) is 0.422. The van der Waals surface area contributed by atoms with Crippen LogP contribution in [0, 0.1) is 6.92 Å². The third-order valence-electron chi connectivity index (χ3n) is 3.89. The molecule has 25 heavy (non-hydrogen) atoms. The first-order chi connectivity index (χ1) is 12.1. The van der Waals surface area contributed by atoms with Crippen molar-refractivity contribution in [1.29, 1.82) is 0 Å². The molecule has 0 fully saturated rings. The van der Waals surface area contributed by atoms with E-state index in [2.05, 4.69) is 15.3 Å². The van der Waals surface area contributed by atoms with Crippen LogP contribution in [0.15, 0.2) is 47.3 Å². The number of benzene rings is 2. The summed E-state index contributed by atoms with van der Waals surface area (Å²) < 4.78 is 5.25. The van der Waals surface area contributed by atoms with E-state index < -0.39 is 0 Å². The Labute approximate surface area is 144 Å². The molecule has 1 amide bonds. The predicted molar refractivity (Wildman–Crippen MR) is 97.0 cm³/mol. The number of rotatable bonds is 5. The van der Waals surface area contributed by atoms with E-state index in [1.807, 2.05) is 37.3 Å². The Morgan fingerprint density at radius 2 is 2.04 bits per heavy atom. The normalized spacial score (nSPS) is 10.6. The maximum Gasteiger partial charge on any atom is 0.270 e. The van der Waals surface area contributed by atoms with Gasteiger partial charge < -0.3 is 15.0 Å². The van der Waals surface area contributed by atoms with Gasteiger partial charge in [-0.15, -0.1) is 0 Å². The van der Waals surface area contributed by atoms with Gasteiger partial charge in [-0.1, -0.05) is 18.2 Å². The molecule has 0 aliphatic rings. The summed E-state index contributed by atoms with van der Waals surface area (Å²) in [5, 5.41) is 2.83. The molecule has 2 aromatic carbocycles. The van der Waals surface area contributed by atoms with Gasteiger partial charge in [-0.2, -0.15) is 0 Å². The van der Waals surface area contributed by atoms with E-state index in [4.69, 9.17) is 4.74 Å². The zero-order chi connectivity index (χ0) is 17.8. The summed E-state index contributed by atoms with van der Waals surface area (Å²) in [6.45, 7) is 1.94. The first-order valence-electron chi connectivity index (χ1n) is 7.99. The van der Waals surface area contributed by atoms with Crippen molar-refractivity contribution >= 4 is 22.6 Å². The van der Waals surface area contributed by atoms with Crippen molar-refractivity contribution < 1.29 is 9.53 Å². The van der Waals surface area contributed by atoms with Crippen LogP contribution in [0.25, 0.3) is 11.0 Å². The van der Waals surface area contributed by atoms with E-state index in [9.17, 15) is 9.59 Å². The number of hydrogen-bond donors (Lipinski definition) is 2. The standard InChI is InChI=1S/C19H19N3O3/c1-12-7-9-17(25-2)16(11-12)21-18(23)10-8-15-19(24)22-14-6-4-3-5-13(14)20-15/h3-7,9,11H,8,10H2,1-2H3,(H,21,23)(H,22,24). The predicted octanol–water partition coefficient (Wildman–Crippen LogP) is 2.81. The molecule has 0 saturated carbocycles. The molecular formula is C19H19N3O3. The van der Waals surface area contributed by atoms with Gasteiger partial charge in [0.25, 0.3) is 5.56 Å². The average Bonchev–Trinajstić information content (AvgIpc) is 2.60. The van der Waals surface area contributed by atoms with Crippen molar-refractivity contribution in [3.05, 3.63) is 64.1 Å². The SMILES string of the molecule is COc1ccc(C)cc1NC(=O)CCc1nc2ccccc2[nH]c1=O. The first kappa shape index (κ1) is 16.7. The second-order valence-electron chi connectivity index (χ2n) is 5.78. The van der Waals surface area contributed by atoms with Crippen LogP contribution < -0.4 is 15.6 Å². The highest BCUT2D eigenvalue weighted by Crippen LogP contribution is 2.25. The third kappa shape index (κ3) is 3.85. The number of carbonyl (C=O) groups is 1. The van der Waals surface area contributed by atoms with Crippen LogP contribution in [0.4, 0.5) is 5.69 Å². The van der Waals surface area contributed by atoms with Gasteiger partial charge in [0.05, 0.1) is 23.8 Å². The molecule has 0 unspecified atom stereocenters. The summed E-state index contributed by atoms with van der Waals surface area (Å²) >= 11 is 0. The van der Waals surface area contributed by atoms with Gasteiger partial charge in [-0.25, -0.2) is 4.98 Å². The molecule has 0 bridgehead atoms. The number of nitrogens with zero attached hydrogens (tertiary/aromatic N) is 1. The van der Waals surface area contributed by atoms with E-state index in [0.29, 0.717) is 28.2 Å². The summed E-state index contributed by atoms with van der Waals surface area (Å²) in [7, 11) is 1.55. The van der Waals surface area contributed by atoms with E-state index in [1.165, 1.54) is 0 Å². The molecule has 6 nitrogen and oxygen atoms in total. The molecule has 3 aromatic rings. The number of nitrogens with one attached hydrogen (secondary N) is 2. The van der Waals surface area contributed by atoms with Crippen LogP contribution in [-0.4, -0.2) is 23.0 Å². The van der Waals surface area contributed by atoms with Gasteiger partial charge in [0.15, 0.2) is 0 Å². The Morgan fingerprint density at radius 3 is 2.84 bits per heavy atom. The molecule has 0 aliphatic carbocycles. The van der Waals surface area contributed by atoms with Crippen LogP contribution in [0.5, 0.6) is 5.75 Å². The fourth-order valence-electron chi connectivity index (χ4n) is 2.60. The highest BCUT2D eigenvalue weighted by Gasteiger charge is 2.11. The van der Waals surface area contributed by atoms with Crippen LogP contribution in [0.1, 0.15) is 17.7 Å². The topological polar surface area (TPSA) is 84.1 Å². The molecule has 0 spiro atoms. The number of amides is 1. The van der Waals surface area contributed by atoms with Crippen LogP contribution in [-0.2, 0) is 11.2 Å². The molecule has 2 N–H and O–H groups in total. The second kappa shape index (κ2) is 7.17. The zero-order valence-corrected chi connectivity index (χ0v) is 14.1. The smallest absolute Gasteiger partial charge is 0.270 e. The van der Waals surface area contributed by atoms with E-state index in [-0.39, 0.29) is 24.3 Å². The van der Waals surface area contributed by atoms with Gasteiger partial charge in [0.2, 0.25) is 5.91 Å².